The highest BCUT2D eigenvalue weighted by molar-refractivity contribution is 5.44. The van der Waals surface area contributed by atoms with Crippen LogP contribution in [-0.2, 0) is 11.3 Å². The van der Waals surface area contributed by atoms with Crippen molar-refractivity contribution in [1.29, 1.82) is 0 Å². The number of carbonyl (C=O) groups excluding carboxylic acids is 1. The lowest BCUT2D eigenvalue weighted by atomic mass is 10.2. The van der Waals surface area contributed by atoms with Crippen LogP contribution < -0.4 is 16.0 Å². The second-order valence-electron chi connectivity index (χ2n) is 4.19. The molecule has 0 bridgehead atoms. The van der Waals surface area contributed by atoms with Crippen LogP contribution in [0.25, 0.3) is 0 Å². The molecule has 0 aliphatic carbocycles. The lowest BCUT2D eigenvalue weighted by Gasteiger charge is -2.03. The molecule has 118 valence electrons. The number of hydrogen-bond acceptors (Lipinski definition) is 6. The van der Waals surface area contributed by atoms with Gasteiger partial charge in [-0.3, -0.25) is 25.0 Å². The van der Waals surface area contributed by atoms with Gasteiger partial charge in [0.05, 0.1) is 18.6 Å². The molecule has 1 heterocycles. The molecule has 0 saturated carbocycles. The Bertz CT molecular complexity index is 624. The molecule has 2 aromatic rings. The Labute approximate surface area is 126 Å². The zero-order chi connectivity index (χ0) is 16.5. The van der Waals surface area contributed by atoms with Gasteiger partial charge in [-0.05, 0) is 24.6 Å². The van der Waals surface area contributed by atoms with E-state index in [2.05, 4.69) is 10.9 Å². The Balaban J connectivity index is 0.000000541. The predicted octanol–water partition coefficient (Wildman–Crippen LogP) is 0.763. The second-order valence-corrected chi connectivity index (χ2v) is 4.19. The lowest BCUT2D eigenvalue weighted by Crippen LogP contribution is -2.18. The second kappa shape index (κ2) is 8.37. The molecule has 1 aromatic carbocycles. The highest BCUT2D eigenvalue weighted by Crippen LogP contribution is 2.17. The number of aryl methyl sites for hydroxylation is 1. The fourth-order valence-electron chi connectivity index (χ4n) is 1.69. The molecule has 2 rings (SSSR count). The van der Waals surface area contributed by atoms with E-state index in [1.54, 1.807) is 24.1 Å². The summed E-state index contributed by atoms with van der Waals surface area (Å²) in [5, 5.41) is 14.8. The number of hydrazine groups is 1. The van der Waals surface area contributed by atoms with Gasteiger partial charge >= 0.3 is 5.69 Å². The number of aromatic nitrogens is 2. The summed E-state index contributed by atoms with van der Waals surface area (Å²) in [5.74, 6) is 5.19. The van der Waals surface area contributed by atoms with Crippen LogP contribution in [0.3, 0.4) is 0 Å². The lowest BCUT2D eigenvalue weighted by molar-refractivity contribution is -0.385. The predicted molar refractivity (Wildman–Crippen MR) is 79.1 cm³/mol. The fourth-order valence-corrected chi connectivity index (χ4v) is 1.69. The van der Waals surface area contributed by atoms with Gasteiger partial charge in [0.15, 0.2) is 0 Å². The van der Waals surface area contributed by atoms with E-state index in [0.29, 0.717) is 18.6 Å². The number of hydrogen-bond donors (Lipinski definition) is 2. The van der Waals surface area contributed by atoms with E-state index >= 15 is 0 Å². The summed E-state index contributed by atoms with van der Waals surface area (Å²) < 4.78 is 6.63. The SMILES string of the molecule is COc1ccc(Cn2cc([N+](=O)[O-])c(C)n2)cc1.NNC=O. The highest BCUT2D eigenvalue weighted by Gasteiger charge is 2.15. The maximum absolute atomic E-state index is 10.7. The maximum Gasteiger partial charge on any atom is 0.309 e. The largest absolute Gasteiger partial charge is 0.497 e. The number of rotatable bonds is 5. The van der Waals surface area contributed by atoms with E-state index in [4.69, 9.17) is 9.53 Å². The van der Waals surface area contributed by atoms with Gasteiger partial charge in [0, 0.05) is 0 Å². The quantitative estimate of drug-likeness (QED) is 0.276. The van der Waals surface area contributed by atoms with Crippen molar-refractivity contribution in [2.75, 3.05) is 7.11 Å². The monoisotopic (exact) mass is 307 g/mol. The number of nitrogens with one attached hydrogen (secondary N) is 1. The molecule has 0 aliphatic heterocycles. The molecule has 1 aromatic heterocycles. The van der Waals surface area contributed by atoms with Gasteiger partial charge in [0.2, 0.25) is 6.41 Å². The topological polar surface area (TPSA) is 125 Å². The van der Waals surface area contributed by atoms with E-state index < -0.39 is 4.92 Å². The van der Waals surface area contributed by atoms with Crippen LogP contribution in [0.2, 0.25) is 0 Å². The molecule has 0 saturated heterocycles. The van der Waals surface area contributed by atoms with E-state index in [0.717, 1.165) is 11.3 Å². The minimum absolute atomic E-state index is 0.0449. The number of nitro groups is 1. The van der Waals surface area contributed by atoms with Gasteiger partial charge in [-0.25, -0.2) is 5.84 Å². The molecule has 9 nitrogen and oxygen atoms in total. The van der Waals surface area contributed by atoms with Crippen molar-refractivity contribution < 1.29 is 14.5 Å². The minimum Gasteiger partial charge on any atom is -0.497 e. The number of benzene rings is 1. The van der Waals surface area contributed by atoms with Gasteiger partial charge in [0.1, 0.15) is 17.6 Å². The summed E-state index contributed by atoms with van der Waals surface area (Å²) in [7, 11) is 1.61. The molecule has 0 atom stereocenters. The Hall–Kier alpha value is -2.94. The van der Waals surface area contributed by atoms with Crippen molar-refractivity contribution in [3.05, 3.63) is 51.8 Å². The molecule has 1 amide bonds. The molecule has 0 radical (unpaired) electrons. The zero-order valence-corrected chi connectivity index (χ0v) is 12.2. The number of carbonyl (C=O) groups is 1. The van der Waals surface area contributed by atoms with Crippen LogP contribution in [0.15, 0.2) is 30.5 Å². The molecule has 0 aliphatic rings. The third kappa shape index (κ3) is 4.87. The van der Waals surface area contributed by atoms with Crippen molar-refractivity contribution in [1.82, 2.24) is 15.2 Å². The van der Waals surface area contributed by atoms with Gasteiger partial charge in [0.25, 0.3) is 0 Å². The van der Waals surface area contributed by atoms with Crippen molar-refractivity contribution in [2.24, 2.45) is 5.84 Å². The summed E-state index contributed by atoms with van der Waals surface area (Å²) in [5.41, 5.74) is 3.23. The first-order valence-corrected chi connectivity index (χ1v) is 6.23. The smallest absolute Gasteiger partial charge is 0.309 e. The van der Waals surface area contributed by atoms with Crippen LogP contribution in [-0.4, -0.2) is 28.2 Å². The van der Waals surface area contributed by atoms with Gasteiger partial charge in [-0.2, -0.15) is 5.10 Å². The summed E-state index contributed by atoms with van der Waals surface area (Å²) in [4.78, 5) is 19.2. The first kappa shape index (κ1) is 17.1. The van der Waals surface area contributed by atoms with Crippen LogP contribution in [0.1, 0.15) is 11.3 Å². The number of nitrogens with two attached hydrogens (primary N) is 1. The van der Waals surface area contributed by atoms with Crippen LogP contribution >= 0.6 is 0 Å². The Morgan fingerprint density at radius 2 is 2.05 bits per heavy atom. The Morgan fingerprint density at radius 1 is 1.45 bits per heavy atom. The molecule has 0 fully saturated rings. The molecular weight excluding hydrogens is 290 g/mol. The summed E-state index contributed by atoms with van der Waals surface area (Å²) >= 11 is 0. The van der Waals surface area contributed by atoms with E-state index in [9.17, 15) is 10.1 Å². The zero-order valence-electron chi connectivity index (χ0n) is 12.2. The Kier molecular flexibility index (Phi) is 6.51. The van der Waals surface area contributed by atoms with Crippen molar-refractivity contribution in [2.45, 2.75) is 13.5 Å². The third-order valence-electron chi connectivity index (χ3n) is 2.69. The van der Waals surface area contributed by atoms with E-state index in [-0.39, 0.29) is 5.69 Å². The molecule has 0 unspecified atom stereocenters. The number of ether oxygens (including phenoxy) is 1. The standard InChI is InChI=1S/C12H13N3O3.CH4N2O/c1-9-12(15(16)17)8-14(13-9)7-10-3-5-11(18-2)6-4-10;2-3-1-4/h3-6,8H,7H2,1-2H3;1H,2H2,(H,3,4). The first-order chi connectivity index (χ1) is 10.5. The summed E-state index contributed by atoms with van der Waals surface area (Å²) in [6, 6.07) is 7.50. The molecule has 3 N–H and O–H groups in total. The highest BCUT2D eigenvalue weighted by atomic mass is 16.6. The van der Waals surface area contributed by atoms with Crippen molar-refractivity contribution in [3.63, 3.8) is 0 Å². The third-order valence-corrected chi connectivity index (χ3v) is 2.69. The van der Waals surface area contributed by atoms with Crippen LogP contribution in [0.5, 0.6) is 5.75 Å². The summed E-state index contributed by atoms with van der Waals surface area (Å²) in [6.45, 7) is 2.13. The van der Waals surface area contributed by atoms with Crippen molar-refractivity contribution >= 4 is 12.1 Å². The molecule has 9 heteroatoms. The van der Waals surface area contributed by atoms with E-state index in [1.807, 2.05) is 24.3 Å². The number of nitrogens with zero attached hydrogens (tertiary/aromatic N) is 3. The first-order valence-electron chi connectivity index (χ1n) is 6.23. The van der Waals surface area contributed by atoms with Crippen molar-refractivity contribution in [3.8, 4) is 5.75 Å². The minimum atomic E-state index is -0.424. The number of methoxy groups -OCH3 is 1. The van der Waals surface area contributed by atoms with Gasteiger partial charge < -0.3 is 4.74 Å². The molecule has 22 heavy (non-hydrogen) atoms. The Morgan fingerprint density at radius 3 is 2.45 bits per heavy atom. The average Bonchev–Trinajstić information content (AvgIpc) is 2.89. The van der Waals surface area contributed by atoms with Crippen LogP contribution in [0.4, 0.5) is 5.69 Å². The van der Waals surface area contributed by atoms with Gasteiger partial charge in [-0.1, -0.05) is 12.1 Å². The fraction of sp³-hybridized carbons (Fsp3) is 0.231. The molecule has 0 spiro atoms. The average molecular weight is 307 g/mol. The van der Waals surface area contributed by atoms with E-state index in [1.165, 1.54) is 6.20 Å². The van der Waals surface area contributed by atoms with Gasteiger partial charge in [-0.15, -0.1) is 0 Å². The van der Waals surface area contributed by atoms with Crippen LogP contribution in [0, 0.1) is 17.0 Å². The molecular formula is C13H17N5O4. The number of amides is 1. The normalized spacial score (nSPS) is 9.41. The summed E-state index contributed by atoms with van der Waals surface area (Å²) in [6.07, 6.45) is 1.85. The maximum atomic E-state index is 10.7.